The van der Waals surface area contributed by atoms with Gasteiger partial charge < -0.3 is 15.0 Å². The van der Waals surface area contributed by atoms with Crippen molar-refractivity contribution in [1.82, 2.24) is 20.1 Å². The zero-order chi connectivity index (χ0) is 17.6. The molecule has 8 nitrogen and oxygen atoms in total. The van der Waals surface area contributed by atoms with Gasteiger partial charge in [-0.2, -0.15) is 5.10 Å². The summed E-state index contributed by atoms with van der Waals surface area (Å²) in [6.45, 7) is 3.31. The van der Waals surface area contributed by atoms with Gasteiger partial charge in [-0.1, -0.05) is 12.1 Å². The van der Waals surface area contributed by atoms with Crippen molar-refractivity contribution in [3.05, 3.63) is 36.9 Å². The van der Waals surface area contributed by atoms with Gasteiger partial charge in [0.2, 0.25) is 5.91 Å². The van der Waals surface area contributed by atoms with E-state index in [0.29, 0.717) is 31.1 Å². The Balaban J connectivity index is 1.47. The monoisotopic (exact) mass is 343 g/mol. The Hall–Kier alpha value is -2.90. The lowest BCUT2D eigenvalue weighted by Gasteiger charge is -2.32. The summed E-state index contributed by atoms with van der Waals surface area (Å²) in [4.78, 5) is 29.9. The zero-order valence-electron chi connectivity index (χ0n) is 14.1. The molecular weight excluding hydrogens is 322 g/mol. The summed E-state index contributed by atoms with van der Waals surface area (Å²) in [5.41, 5.74) is 0.713. The number of benzene rings is 1. The predicted octanol–water partition coefficient (Wildman–Crippen LogP) is 0.989. The molecule has 1 aliphatic rings. The summed E-state index contributed by atoms with van der Waals surface area (Å²) in [6.07, 6.45) is 3.60. The second-order valence-corrected chi connectivity index (χ2v) is 5.83. The van der Waals surface area contributed by atoms with E-state index in [4.69, 9.17) is 4.74 Å². The van der Waals surface area contributed by atoms with E-state index in [1.165, 1.54) is 6.33 Å². The fraction of sp³-hybridized carbons (Fsp3) is 0.412. The lowest BCUT2D eigenvalue weighted by molar-refractivity contribution is -0.125. The van der Waals surface area contributed by atoms with Crippen molar-refractivity contribution in [2.75, 3.05) is 18.0 Å². The van der Waals surface area contributed by atoms with Gasteiger partial charge in [0.05, 0.1) is 5.69 Å². The fourth-order valence-corrected chi connectivity index (χ4v) is 2.71. The average molecular weight is 343 g/mol. The van der Waals surface area contributed by atoms with Gasteiger partial charge in [-0.05, 0) is 25.5 Å². The summed E-state index contributed by atoms with van der Waals surface area (Å²) in [7, 11) is 0. The first-order valence-corrected chi connectivity index (χ1v) is 8.31. The molecule has 25 heavy (non-hydrogen) atoms. The standard InChI is InChI=1S/C17H21N5O3/c1-13-17(24)22(14-5-2-3-6-15(14)25-13)10-7-16(23)19-8-4-9-21-12-18-11-20-21/h2-3,5-6,11-13H,4,7-10H2,1H3,(H,19,23)/t13-/m1/s1. The van der Waals surface area contributed by atoms with Gasteiger partial charge in [-0.3, -0.25) is 14.3 Å². The van der Waals surface area contributed by atoms with Gasteiger partial charge in [0.15, 0.2) is 6.10 Å². The molecule has 8 heteroatoms. The number of amides is 2. The van der Waals surface area contributed by atoms with Crippen molar-refractivity contribution in [2.24, 2.45) is 0 Å². The maximum Gasteiger partial charge on any atom is 0.267 e. The first kappa shape index (κ1) is 16.9. The van der Waals surface area contributed by atoms with Crippen molar-refractivity contribution in [3.8, 4) is 5.75 Å². The number of rotatable bonds is 7. The molecule has 1 N–H and O–H groups in total. The Labute approximate surface area is 145 Å². The van der Waals surface area contributed by atoms with Crippen molar-refractivity contribution >= 4 is 17.5 Å². The molecule has 0 spiro atoms. The van der Waals surface area contributed by atoms with E-state index in [9.17, 15) is 9.59 Å². The molecule has 0 saturated carbocycles. The molecule has 0 unspecified atom stereocenters. The number of aromatic nitrogens is 3. The highest BCUT2D eigenvalue weighted by molar-refractivity contribution is 6.00. The number of anilines is 1. The molecule has 0 saturated heterocycles. The molecule has 1 aliphatic heterocycles. The number of aryl methyl sites for hydroxylation is 1. The molecule has 3 rings (SSSR count). The zero-order valence-corrected chi connectivity index (χ0v) is 14.1. The smallest absolute Gasteiger partial charge is 0.267 e. The molecule has 1 aromatic carbocycles. The van der Waals surface area contributed by atoms with Gasteiger partial charge in [0, 0.05) is 26.1 Å². The van der Waals surface area contributed by atoms with Crippen LogP contribution in [0.2, 0.25) is 0 Å². The molecule has 132 valence electrons. The topological polar surface area (TPSA) is 89.3 Å². The molecule has 2 heterocycles. The van der Waals surface area contributed by atoms with E-state index in [-0.39, 0.29) is 18.2 Å². The largest absolute Gasteiger partial charge is 0.479 e. The number of nitrogens with zero attached hydrogens (tertiary/aromatic N) is 4. The quantitative estimate of drug-likeness (QED) is 0.757. The molecule has 2 amide bonds. The molecule has 2 aromatic rings. The van der Waals surface area contributed by atoms with Crippen LogP contribution in [0.3, 0.4) is 0 Å². The van der Waals surface area contributed by atoms with E-state index >= 15 is 0 Å². The van der Waals surface area contributed by atoms with Crippen molar-refractivity contribution in [2.45, 2.75) is 32.4 Å². The van der Waals surface area contributed by atoms with Crippen LogP contribution in [0, 0.1) is 0 Å². The number of nitrogens with one attached hydrogen (secondary N) is 1. The Kier molecular flexibility index (Phi) is 5.27. The molecule has 0 bridgehead atoms. The highest BCUT2D eigenvalue weighted by atomic mass is 16.5. The van der Waals surface area contributed by atoms with E-state index < -0.39 is 6.10 Å². The molecule has 0 fully saturated rings. The van der Waals surface area contributed by atoms with Gasteiger partial charge in [0.1, 0.15) is 18.4 Å². The lowest BCUT2D eigenvalue weighted by atomic mass is 10.1. The number of para-hydroxylation sites is 2. The van der Waals surface area contributed by atoms with Crippen molar-refractivity contribution in [1.29, 1.82) is 0 Å². The van der Waals surface area contributed by atoms with Gasteiger partial charge in [-0.15, -0.1) is 0 Å². The Morgan fingerprint density at radius 3 is 2.96 bits per heavy atom. The van der Waals surface area contributed by atoms with Gasteiger partial charge in [-0.25, -0.2) is 4.98 Å². The third kappa shape index (κ3) is 4.14. The number of hydrogen-bond acceptors (Lipinski definition) is 5. The van der Waals surface area contributed by atoms with E-state index in [0.717, 1.165) is 6.42 Å². The highest BCUT2D eigenvalue weighted by Crippen LogP contribution is 2.33. The lowest BCUT2D eigenvalue weighted by Crippen LogP contribution is -2.45. The number of carbonyl (C=O) groups is 2. The maximum atomic E-state index is 12.3. The van der Waals surface area contributed by atoms with Crippen LogP contribution >= 0.6 is 0 Å². The van der Waals surface area contributed by atoms with Crippen LogP contribution in [0.4, 0.5) is 5.69 Å². The fourth-order valence-electron chi connectivity index (χ4n) is 2.71. The molecule has 1 atom stereocenters. The molecule has 1 aromatic heterocycles. The van der Waals surface area contributed by atoms with E-state index in [1.807, 2.05) is 24.3 Å². The van der Waals surface area contributed by atoms with Crippen LogP contribution in [0.25, 0.3) is 0 Å². The Morgan fingerprint density at radius 2 is 2.16 bits per heavy atom. The van der Waals surface area contributed by atoms with Crippen LogP contribution in [-0.4, -0.2) is 45.8 Å². The summed E-state index contributed by atoms with van der Waals surface area (Å²) in [6, 6.07) is 7.37. The van der Waals surface area contributed by atoms with Crippen LogP contribution in [0.15, 0.2) is 36.9 Å². The molecule has 0 aliphatic carbocycles. The van der Waals surface area contributed by atoms with Crippen molar-refractivity contribution < 1.29 is 14.3 Å². The van der Waals surface area contributed by atoms with Crippen LogP contribution in [-0.2, 0) is 16.1 Å². The third-order valence-corrected chi connectivity index (χ3v) is 3.99. The highest BCUT2D eigenvalue weighted by Gasteiger charge is 2.31. The number of fused-ring (bicyclic) bond motifs is 1. The minimum atomic E-state index is -0.541. The molecular formula is C17H21N5O3. The SMILES string of the molecule is C[C@H]1Oc2ccccc2N(CCC(=O)NCCCn2cncn2)C1=O. The minimum Gasteiger partial charge on any atom is -0.479 e. The maximum absolute atomic E-state index is 12.3. The van der Waals surface area contributed by atoms with E-state index in [1.54, 1.807) is 22.8 Å². The first-order valence-electron chi connectivity index (χ1n) is 8.31. The Morgan fingerprint density at radius 1 is 1.32 bits per heavy atom. The van der Waals surface area contributed by atoms with Gasteiger partial charge in [0.25, 0.3) is 5.91 Å². The second kappa shape index (κ2) is 7.78. The summed E-state index contributed by atoms with van der Waals surface area (Å²) >= 11 is 0. The number of carbonyl (C=O) groups excluding carboxylic acids is 2. The van der Waals surface area contributed by atoms with Crippen molar-refractivity contribution in [3.63, 3.8) is 0 Å². The third-order valence-electron chi connectivity index (χ3n) is 3.99. The van der Waals surface area contributed by atoms with Crippen LogP contribution < -0.4 is 15.0 Å². The predicted molar refractivity (Wildman–Crippen MR) is 91.2 cm³/mol. The summed E-state index contributed by atoms with van der Waals surface area (Å²) < 4.78 is 7.31. The number of hydrogen-bond donors (Lipinski definition) is 1. The van der Waals surface area contributed by atoms with Crippen LogP contribution in [0.5, 0.6) is 5.75 Å². The second-order valence-electron chi connectivity index (χ2n) is 5.83. The summed E-state index contributed by atoms with van der Waals surface area (Å²) in [5, 5.41) is 6.87. The normalized spacial score (nSPS) is 16.3. The molecule has 0 radical (unpaired) electrons. The van der Waals surface area contributed by atoms with E-state index in [2.05, 4.69) is 15.4 Å². The summed E-state index contributed by atoms with van der Waals surface area (Å²) in [5.74, 6) is 0.462. The van der Waals surface area contributed by atoms with Gasteiger partial charge >= 0.3 is 0 Å². The number of ether oxygens (including phenoxy) is 1. The Bertz CT molecular complexity index is 732. The average Bonchev–Trinajstić information content (AvgIpc) is 3.12. The minimum absolute atomic E-state index is 0.0805. The first-order chi connectivity index (χ1) is 12.1. The van der Waals surface area contributed by atoms with Crippen LogP contribution in [0.1, 0.15) is 19.8 Å².